The lowest BCUT2D eigenvalue weighted by molar-refractivity contribution is 0.145. The van der Waals surface area contributed by atoms with E-state index < -0.39 is 9.84 Å². The highest BCUT2D eigenvalue weighted by Gasteiger charge is 2.13. The molecule has 3 rings (SSSR count). The van der Waals surface area contributed by atoms with Crippen molar-refractivity contribution in [3.8, 4) is 5.75 Å². The van der Waals surface area contributed by atoms with Gasteiger partial charge >= 0.3 is 0 Å². The Labute approximate surface area is 176 Å². The van der Waals surface area contributed by atoms with E-state index in [4.69, 9.17) is 15.3 Å². The van der Waals surface area contributed by atoms with Gasteiger partial charge in [-0.25, -0.2) is 8.42 Å². The van der Waals surface area contributed by atoms with Gasteiger partial charge in [0.2, 0.25) is 0 Å². The van der Waals surface area contributed by atoms with E-state index in [0.29, 0.717) is 29.2 Å². The van der Waals surface area contributed by atoms with Gasteiger partial charge in [-0.05, 0) is 36.2 Å². The van der Waals surface area contributed by atoms with Gasteiger partial charge in [0, 0.05) is 0 Å². The summed E-state index contributed by atoms with van der Waals surface area (Å²) < 4.78 is 30.4. The molecule has 0 radical (unpaired) electrons. The fourth-order valence-corrected chi connectivity index (χ4v) is 4.07. The lowest BCUT2D eigenvalue weighted by Gasteiger charge is -2.11. The molecule has 0 saturated carbocycles. The molecule has 0 saturated heterocycles. The first kappa shape index (κ1) is 21.4. The van der Waals surface area contributed by atoms with Crippen LogP contribution in [0.2, 0.25) is 0 Å². The highest BCUT2D eigenvalue weighted by molar-refractivity contribution is 7.91. The van der Waals surface area contributed by atoms with E-state index in [0.717, 1.165) is 5.56 Å². The summed E-state index contributed by atoms with van der Waals surface area (Å²) >= 11 is 0. The molecule has 2 N–H and O–H groups in total. The Kier molecular flexibility index (Phi) is 7.45. The summed E-state index contributed by atoms with van der Waals surface area (Å²) in [5, 5.41) is 3.92. The minimum atomic E-state index is -3.33. The number of hydrogen-bond donors (Lipinski definition) is 1. The van der Waals surface area contributed by atoms with Crippen LogP contribution in [0.15, 0.2) is 95.0 Å². The molecule has 0 aliphatic rings. The van der Waals surface area contributed by atoms with Crippen LogP contribution in [0.3, 0.4) is 0 Å². The topological polar surface area (TPSA) is 91.0 Å². The van der Waals surface area contributed by atoms with Gasteiger partial charge < -0.3 is 15.3 Å². The number of amidine groups is 1. The van der Waals surface area contributed by atoms with Gasteiger partial charge in [0.1, 0.15) is 19.0 Å². The summed E-state index contributed by atoms with van der Waals surface area (Å²) in [6.07, 6.45) is 0.306. The first-order valence-corrected chi connectivity index (χ1v) is 11.2. The molecular formula is C23H24N2O4S. The van der Waals surface area contributed by atoms with E-state index in [2.05, 4.69) is 5.16 Å². The van der Waals surface area contributed by atoms with Crippen molar-refractivity contribution in [3.63, 3.8) is 0 Å². The number of para-hydroxylation sites is 1. The first-order chi connectivity index (χ1) is 14.6. The maximum atomic E-state index is 12.3. The number of ether oxygens (including phenoxy) is 1. The molecule has 0 aliphatic carbocycles. The average Bonchev–Trinajstić information content (AvgIpc) is 2.79. The molecule has 0 unspecified atom stereocenters. The van der Waals surface area contributed by atoms with E-state index in [1.807, 2.05) is 48.5 Å². The van der Waals surface area contributed by atoms with Crippen LogP contribution in [0, 0.1) is 0 Å². The lowest BCUT2D eigenvalue weighted by Crippen LogP contribution is -2.16. The molecule has 3 aromatic rings. The van der Waals surface area contributed by atoms with E-state index in [1.54, 1.807) is 36.4 Å². The van der Waals surface area contributed by atoms with Crippen LogP contribution >= 0.6 is 0 Å². The molecule has 0 bridgehead atoms. The van der Waals surface area contributed by atoms with Crippen molar-refractivity contribution >= 4 is 15.7 Å². The minimum absolute atomic E-state index is 0.0246. The standard InChI is InChI=1S/C23H24N2O4S/c24-23(25-29-16-9-17-30(26,27)20-12-5-2-6-13-20)21-14-7-8-15-22(21)28-18-19-10-3-1-4-11-19/h1-8,10-15H,9,16-18H2,(H2,24,25). The summed E-state index contributed by atoms with van der Waals surface area (Å²) in [4.78, 5) is 5.55. The number of hydrogen-bond acceptors (Lipinski definition) is 5. The van der Waals surface area contributed by atoms with Crippen molar-refractivity contribution in [2.45, 2.75) is 17.9 Å². The van der Waals surface area contributed by atoms with Gasteiger partial charge in [-0.3, -0.25) is 0 Å². The lowest BCUT2D eigenvalue weighted by atomic mass is 10.2. The molecule has 0 amide bonds. The third kappa shape index (κ3) is 6.09. The van der Waals surface area contributed by atoms with Gasteiger partial charge in [0.05, 0.1) is 16.2 Å². The van der Waals surface area contributed by atoms with Gasteiger partial charge in [0.15, 0.2) is 15.7 Å². The molecule has 0 fully saturated rings. The van der Waals surface area contributed by atoms with Crippen LogP contribution in [-0.2, 0) is 21.3 Å². The largest absolute Gasteiger partial charge is 0.488 e. The van der Waals surface area contributed by atoms with Crippen LogP contribution < -0.4 is 10.5 Å². The number of oxime groups is 1. The number of rotatable bonds is 10. The Morgan fingerprint density at radius 1 is 0.867 bits per heavy atom. The number of nitrogens with zero attached hydrogens (tertiary/aromatic N) is 1. The van der Waals surface area contributed by atoms with Crippen molar-refractivity contribution in [1.82, 2.24) is 0 Å². The normalized spacial score (nSPS) is 11.8. The minimum Gasteiger partial charge on any atom is -0.488 e. The summed E-state index contributed by atoms with van der Waals surface area (Å²) in [5.74, 6) is 0.742. The summed E-state index contributed by atoms with van der Waals surface area (Å²) in [6.45, 7) is 0.545. The monoisotopic (exact) mass is 424 g/mol. The van der Waals surface area contributed by atoms with Crippen molar-refractivity contribution in [3.05, 3.63) is 96.1 Å². The third-order valence-corrected chi connectivity index (χ3v) is 6.13. The van der Waals surface area contributed by atoms with Crippen molar-refractivity contribution in [1.29, 1.82) is 0 Å². The van der Waals surface area contributed by atoms with E-state index in [1.165, 1.54) is 0 Å². The summed E-state index contributed by atoms with van der Waals surface area (Å²) in [6, 6.07) is 25.4. The van der Waals surface area contributed by atoms with Crippen molar-refractivity contribution in [2.24, 2.45) is 10.9 Å². The Balaban J connectivity index is 1.53. The van der Waals surface area contributed by atoms with Crippen molar-refractivity contribution < 1.29 is 18.0 Å². The molecule has 7 heteroatoms. The van der Waals surface area contributed by atoms with Crippen LogP contribution in [0.5, 0.6) is 5.75 Å². The zero-order valence-corrected chi connectivity index (χ0v) is 17.3. The average molecular weight is 425 g/mol. The Hall–Kier alpha value is -3.32. The second kappa shape index (κ2) is 10.5. The fraction of sp³-hybridized carbons (Fsp3) is 0.174. The second-order valence-corrected chi connectivity index (χ2v) is 8.67. The van der Waals surface area contributed by atoms with E-state index in [9.17, 15) is 8.42 Å². The van der Waals surface area contributed by atoms with Crippen LogP contribution in [0.25, 0.3) is 0 Å². The Morgan fingerprint density at radius 2 is 1.50 bits per heavy atom. The molecule has 6 nitrogen and oxygen atoms in total. The molecule has 156 valence electrons. The van der Waals surface area contributed by atoms with Gasteiger partial charge in [-0.1, -0.05) is 65.8 Å². The number of sulfone groups is 1. The predicted octanol–water partition coefficient (Wildman–Crippen LogP) is 3.77. The maximum absolute atomic E-state index is 12.3. The predicted molar refractivity (Wildman–Crippen MR) is 117 cm³/mol. The first-order valence-electron chi connectivity index (χ1n) is 9.55. The Bertz CT molecular complexity index is 1070. The van der Waals surface area contributed by atoms with Gasteiger partial charge in [-0.2, -0.15) is 0 Å². The molecule has 0 heterocycles. The van der Waals surface area contributed by atoms with Crippen LogP contribution in [-0.4, -0.2) is 26.6 Å². The van der Waals surface area contributed by atoms with Gasteiger partial charge in [-0.15, -0.1) is 0 Å². The van der Waals surface area contributed by atoms with E-state index in [-0.39, 0.29) is 18.2 Å². The van der Waals surface area contributed by atoms with Crippen LogP contribution in [0.1, 0.15) is 17.5 Å². The summed E-state index contributed by atoms with van der Waals surface area (Å²) in [5.41, 5.74) is 7.71. The van der Waals surface area contributed by atoms with Gasteiger partial charge in [0.25, 0.3) is 0 Å². The van der Waals surface area contributed by atoms with E-state index >= 15 is 0 Å². The zero-order valence-electron chi connectivity index (χ0n) is 16.5. The second-order valence-electron chi connectivity index (χ2n) is 6.57. The maximum Gasteiger partial charge on any atom is 0.178 e. The highest BCUT2D eigenvalue weighted by atomic mass is 32.2. The third-order valence-electron chi connectivity index (χ3n) is 4.31. The highest BCUT2D eigenvalue weighted by Crippen LogP contribution is 2.19. The molecule has 0 aromatic heterocycles. The smallest absolute Gasteiger partial charge is 0.178 e. The molecule has 0 spiro atoms. The summed E-state index contributed by atoms with van der Waals surface area (Å²) in [7, 11) is -3.33. The van der Waals surface area contributed by atoms with Crippen molar-refractivity contribution in [2.75, 3.05) is 12.4 Å². The quantitative estimate of drug-likeness (QED) is 0.232. The number of benzene rings is 3. The molecule has 0 atom stereocenters. The number of nitrogens with two attached hydrogens (primary N) is 1. The SMILES string of the molecule is N/C(=N/OCCCS(=O)(=O)c1ccccc1)c1ccccc1OCc1ccccc1. The molecule has 30 heavy (non-hydrogen) atoms. The molecular weight excluding hydrogens is 400 g/mol. The molecule has 3 aromatic carbocycles. The fourth-order valence-electron chi connectivity index (χ4n) is 2.76. The zero-order chi connectivity index (χ0) is 21.2. The van der Waals surface area contributed by atoms with Crippen LogP contribution in [0.4, 0.5) is 0 Å². The Morgan fingerprint density at radius 3 is 2.23 bits per heavy atom. The molecule has 0 aliphatic heterocycles.